The average Bonchev–Trinajstić information content (AvgIpc) is 2.05. The highest BCUT2D eigenvalue weighted by atomic mass is 16.1. The van der Waals surface area contributed by atoms with Crippen LogP contribution >= 0.6 is 0 Å². The van der Waals surface area contributed by atoms with Crippen molar-refractivity contribution in [1.29, 1.82) is 0 Å². The summed E-state index contributed by atoms with van der Waals surface area (Å²) in [5, 5.41) is 0. The van der Waals surface area contributed by atoms with E-state index in [2.05, 4.69) is 13.2 Å². The van der Waals surface area contributed by atoms with Gasteiger partial charge in [-0.2, -0.15) is 0 Å². The van der Waals surface area contributed by atoms with E-state index >= 15 is 0 Å². The molecule has 0 aromatic heterocycles. The van der Waals surface area contributed by atoms with Gasteiger partial charge in [0.05, 0.1) is 0 Å². The minimum atomic E-state index is 0.137. The van der Waals surface area contributed by atoms with Gasteiger partial charge in [-0.1, -0.05) is 18.2 Å². The molecule has 13 heavy (non-hydrogen) atoms. The first-order valence-electron chi connectivity index (χ1n) is 4.53. The third-order valence-corrected chi connectivity index (χ3v) is 1.98. The van der Waals surface area contributed by atoms with E-state index in [1.807, 2.05) is 25.2 Å². The molecule has 0 fully saturated rings. The van der Waals surface area contributed by atoms with Gasteiger partial charge in [0.1, 0.15) is 0 Å². The summed E-state index contributed by atoms with van der Waals surface area (Å²) in [6.45, 7) is 10.8. The van der Waals surface area contributed by atoms with Crippen molar-refractivity contribution in [1.82, 2.24) is 0 Å². The molecule has 0 atom stereocenters. The number of carbonyl (C=O) groups excluding carboxylic acids is 1. The molecule has 0 heterocycles. The Morgan fingerprint density at radius 1 is 1.23 bits per heavy atom. The molecular weight excluding hydrogens is 160 g/mol. The van der Waals surface area contributed by atoms with Crippen LogP contribution in [0.15, 0.2) is 37.0 Å². The summed E-state index contributed by atoms with van der Waals surface area (Å²) in [6.07, 6.45) is 7.55. The van der Waals surface area contributed by atoms with Crippen LogP contribution in [-0.2, 0) is 4.79 Å². The zero-order chi connectivity index (χ0) is 10.3. The molecule has 0 saturated carbocycles. The first kappa shape index (κ1) is 11.9. The van der Waals surface area contributed by atoms with E-state index in [4.69, 9.17) is 0 Å². The molecule has 0 amide bonds. The summed E-state index contributed by atoms with van der Waals surface area (Å²) in [5.41, 5.74) is 0.828. The van der Waals surface area contributed by atoms with Crippen LogP contribution in [0.5, 0.6) is 0 Å². The van der Waals surface area contributed by atoms with E-state index in [-0.39, 0.29) is 5.78 Å². The van der Waals surface area contributed by atoms with E-state index in [0.717, 1.165) is 18.4 Å². The normalized spacial score (nSPS) is 11.5. The van der Waals surface area contributed by atoms with E-state index in [1.54, 1.807) is 6.92 Å². The molecular formula is C12H18O. The maximum Gasteiger partial charge on any atom is 0.155 e. The molecule has 0 radical (unpaired) electrons. The van der Waals surface area contributed by atoms with Gasteiger partial charge in [0.25, 0.3) is 0 Å². The van der Waals surface area contributed by atoms with Crippen LogP contribution in [0.1, 0.15) is 26.7 Å². The summed E-state index contributed by atoms with van der Waals surface area (Å²) >= 11 is 0. The number of rotatable bonds is 6. The SMILES string of the molecule is C=CCC(C=C(C)C(C)=O)CC=C. The average molecular weight is 178 g/mol. The largest absolute Gasteiger partial charge is 0.295 e. The van der Waals surface area contributed by atoms with Crippen molar-refractivity contribution >= 4 is 5.78 Å². The topological polar surface area (TPSA) is 17.1 Å². The van der Waals surface area contributed by atoms with Crippen molar-refractivity contribution < 1.29 is 4.79 Å². The fraction of sp³-hybridized carbons (Fsp3) is 0.417. The Balaban J connectivity index is 4.36. The van der Waals surface area contributed by atoms with Gasteiger partial charge < -0.3 is 0 Å². The van der Waals surface area contributed by atoms with Gasteiger partial charge in [0.2, 0.25) is 0 Å². The van der Waals surface area contributed by atoms with Gasteiger partial charge in [-0.3, -0.25) is 4.79 Å². The number of ketones is 1. The molecule has 1 nitrogen and oxygen atoms in total. The molecule has 0 unspecified atom stereocenters. The maximum atomic E-state index is 11.0. The summed E-state index contributed by atoms with van der Waals surface area (Å²) in [4.78, 5) is 11.0. The molecule has 0 bridgehead atoms. The maximum absolute atomic E-state index is 11.0. The van der Waals surface area contributed by atoms with Crippen LogP contribution in [0.3, 0.4) is 0 Å². The summed E-state index contributed by atoms with van der Waals surface area (Å²) in [5.74, 6) is 0.511. The molecule has 72 valence electrons. The number of Topliss-reactive ketones (excluding diaryl/α,β-unsaturated/α-hetero) is 1. The highest BCUT2D eigenvalue weighted by Gasteiger charge is 2.03. The lowest BCUT2D eigenvalue weighted by molar-refractivity contribution is -0.113. The number of hydrogen-bond donors (Lipinski definition) is 0. The Hall–Kier alpha value is -1.11. The number of allylic oxidation sites excluding steroid dienone is 4. The quantitative estimate of drug-likeness (QED) is 0.450. The minimum absolute atomic E-state index is 0.137. The summed E-state index contributed by atoms with van der Waals surface area (Å²) in [6, 6.07) is 0. The van der Waals surface area contributed by atoms with Crippen LogP contribution in [0, 0.1) is 5.92 Å². The molecule has 0 spiro atoms. The molecule has 0 N–H and O–H groups in total. The summed E-state index contributed by atoms with van der Waals surface area (Å²) < 4.78 is 0. The lowest BCUT2D eigenvalue weighted by Crippen LogP contribution is -1.98. The first-order chi connectivity index (χ1) is 6.11. The standard InChI is InChI=1S/C12H18O/c1-5-7-12(8-6-2)9-10(3)11(4)13/h5-6,9,12H,1-2,7-8H2,3-4H3. The van der Waals surface area contributed by atoms with Gasteiger partial charge in [0, 0.05) is 0 Å². The highest BCUT2D eigenvalue weighted by Crippen LogP contribution is 2.14. The Bertz CT molecular complexity index is 213. The van der Waals surface area contributed by atoms with Crippen molar-refractivity contribution in [2.75, 3.05) is 0 Å². The molecule has 0 aliphatic rings. The molecule has 0 rings (SSSR count). The third-order valence-electron chi connectivity index (χ3n) is 1.98. The lowest BCUT2D eigenvalue weighted by atomic mass is 9.97. The van der Waals surface area contributed by atoms with Crippen molar-refractivity contribution in [3.05, 3.63) is 37.0 Å². The van der Waals surface area contributed by atoms with Crippen molar-refractivity contribution in [3.63, 3.8) is 0 Å². The molecule has 0 aromatic carbocycles. The third kappa shape index (κ3) is 5.18. The number of hydrogen-bond acceptors (Lipinski definition) is 1. The lowest BCUT2D eigenvalue weighted by Gasteiger charge is -2.07. The first-order valence-corrected chi connectivity index (χ1v) is 4.53. The van der Waals surface area contributed by atoms with E-state index in [0.29, 0.717) is 5.92 Å². The van der Waals surface area contributed by atoms with Crippen LogP contribution in [0.2, 0.25) is 0 Å². The van der Waals surface area contributed by atoms with Crippen molar-refractivity contribution in [2.45, 2.75) is 26.7 Å². The number of carbonyl (C=O) groups is 1. The van der Waals surface area contributed by atoms with Gasteiger partial charge in [-0.25, -0.2) is 0 Å². The van der Waals surface area contributed by atoms with Gasteiger partial charge >= 0.3 is 0 Å². The van der Waals surface area contributed by atoms with Crippen LogP contribution in [0.4, 0.5) is 0 Å². The smallest absolute Gasteiger partial charge is 0.155 e. The van der Waals surface area contributed by atoms with Gasteiger partial charge in [-0.15, -0.1) is 13.2 Å². The monoisotopic (exact) mass is 178 g/mol. The summed E-state index contributed by atoms with van der Waals surface area (Å²) in [7, 11) is 0. The predicted octanol–water partition coefficient (Wildman–Crippen LogP) is 3.29. The van der Waals surface area contributed by atoms with Crippen LogP contribution in [0.25, 0.3) is 0 Å². The second kappa shape index (κ2) is 6.41. The second-order valence-electron chi connectivity index (χ2n) is 3.21. The van der Waals surface area contributed by atoms with Gasteiger partial charge in [-0.05, 0) is 38.2 Å². The van der Waals surface area contributed by atoms with Crippen LogP contribution < -0.4 is 0 Å². The molecule has 0 saturated heterocycles. The Morgan fingerprint density at radius 2 is 1.69 bits per heavy atom. The second-order valence-corrected chi connectivity index (χ2v) is 3.21. The fourth-order valence-electron chi connectivity index (χ4n) is 1.13. The Labute approximate surface area is 80.8 Å². The Kier molecular flexibility index (Phi) is 5.86. The fourth-order valence-corrected chi connectivity index (χ4v) is 1.13. The zero-order valence-electron chi connectivity index (χ0n) is 8.55. The van der Waals surface area contributed by atoms with Crippen molar-refractivity contribution in [2.24, 2.45) is 5.92 Å². The van der Waals surface area contributed by atoms with Crippen molar-refractivity contribution in [3.8, 4) is 0 Å². The van der Waals surface area contributed by atoms with E-state index in [9.17, 15) is 4.79 Å². The molecule has 0 aliphatic heterocycles. The minimum Gasteiger partial charge on any atom is -0.295 e. The molecule has 0 aromatic rings. The van der Waals surface area contributed by atoms with E-state index in [1.165, 1.54) is 0 Å². The van der Waals surface area contributed by atoms with Crippen LogP contribution in [-0.4, -0.2) is 5.78 Å². The highest BCUT2D eigenvalue weighted by molar-refractivity contribution is 5.92. The van der Waals surface area contributed by atoms with E-state index < -0.39 is 0 Å². The van der Waals surface area contributed by atoms with Gasteiger partial charge in [0.15, 0.2) is 5.78 Å². The zero-order valence-corrected chi connectivity index (χ0v) is 8.55. The molecule has 1 heteroatoms. The Morgan fingerprint density at radius 3 is 2.00 bits per heavy atom. The molecule has 0 aliphatic carbocycles. The predicted molar refractivity (Wildman–Crippen MR) is 57.6 cm³/mol.